The number of hydrogen-bond acceptors (Lipinski definition) is 3. The molecule has 0 atom stereocenters. The van der Waals surface area contributed by atoms with Gasteiger partial charge in [-0.25, -0.2) is 0 Å². The maximum atomic E-state index is 9.52. The molecule has 0 aliphatic heterocycles. The van der Waals surface area contributed by atoms with Crippen LogP contribution in [0.4, 0.5) is 5.69 Å². The first kappa shape index (κ1) is 13.9. The lowest BCUT2D eigenvalue weighted by molar-refractivity contribution is 0.471. The standard InChI is InChI=1S/C17H15BrN2O/c1-11-5-7-13-3-2-4-15(17(13)20-11)19-10-12-6-8-16(21)14(18)9-12/h2-9,19,21H,10H2,1H3. The Morgan fingerprint density at radius 1 is 1.14 bits per heavy atom. The van der Waals surface area contributed by atoms with E-state index in [1.165, 1.54) is 0 Å². The average Bonchev–Trinajstić information content (AvgIpc) is 2.48. The first-order valence-corrected chi connectivity index (χ1v) is 7.50. The minimum absolute atomic E-state index is 0.251. The number of aryl methyl sites for hydroxylation is 1. The van der Waals surface area contributed by atoms with Gasteiger partial charge >= 0.3 is 0 Å². The van der Waals surface area contributed by atoms with Gasteiger partial charge in [-0.05, 0) is 52.7 Å². The van der Waals surface area contributed by atoms with Crippen molar-refractivity contribution in [3.8, 4) is 5.75 Å². The van der Waals surface area contributed by atoms with E-state index < -0.39 is 0 Å². The molecule has 0 unspecified atom stereocenters. The number of nitrogens with zero attached hydrogens (tertiary/aromatic N) is 1. The molecule has 0 aliphatic rings. The molecule has 1 heterocycles. The van der Waals surface area contributed by atoms with Crippen molar-refractivity contribution in [3.63, 3.8) is 0 Å². The maximum absolute atomic E-state index is 9.52. The van der Waals surface area contributed by atoms with Gasteiger partial charge in [0.2, 0.25) is 0 Å². The number of nitrogens with one attached hydrogen (secondary N) is 1. The van der Waals surface area contributed by atoms with Crippen molar-refractivity contribution >= 4 is 32.5 Å². The zero-order chi connectivity index (χ0) is 14.8. The van der Waals surface area contributed by atoms with Crippen LogP contribution in [0.3, 0.4) is 0 Å². The molecule has 2 N–H and O–H groups in total. The third kappa shape index (κ3) is 3.00. The molecule has 0 spiro atoms. The van der Waals surface area contributed by atoms with Crippen LogP contribution in [-0.4, -0.2) is 10.1 Å². The first-order chi connectivity index (χ1) is 10.1. The van der Waals surface area contributed by atoms with Crippen LogP contribution >= 0.6 is 15.9 Å². The second kappa shape index (κ2) is 5.74. The zero-order valence-corrected chi connectivity index (χ0v) is 13.2. The predicted octanol–water partition coefficient (Wildman–Crippen LogP) is 4.62. The number of benzene rings is 2. The molecular weight excluding hydrogens is 328 g/mol. The number of phenolic OH excluding ortho intramolecular Hbond substituents is 1. The van der Waals surface area contributed by atoms with Gasteiger partial charge in [-0.3, -0.25) is 4.98 Å². The molecule has 0 bridgehead atoms. The number of fused-ring (bicyclic) bond motifs is 1. The molecule has 21 heavy (non-hydrogen) atoms. The summed E-state index contributed by atoms with van der Waals surface area (Å²) >= 11 is 3.33. The van der Waals surface area contributed by atoms with Crippen LogP contribution in [0.5, 0.6) is 5.75 Å². The Hall–Kier alpha value is -2.07. The summed E-state index contributed by atoms with van der Waals surface area (Å²) < 4.78 is 0.702. The third-order valence-corrected chi connectivity index (χ3v) is 3.99. The van der Waals surface area contributed by atoms with Gasteiger partial charge in [0.25, 0.3) is 0 Å². The summed E-state index contributed by atoms with van der Waals surface area (Å²) in [5, 5.41) is 14.1. The van der Waals surface area contributed by atoms with E-state index in [9.17, 15) is 5.11 Å². The molecule has 0 saturated heterocycles. The van der Waals surface area contributed by atoms with Crippen molar-refractivity contribution in [2.24, 2.45) is 0 Å². The van der Waals surface area contributed by atoms with Crippen molar-refractivity contribution in [3.05, 3.63) is 64.3 Å². The number of halogens is 1. The van der Waals surface area contributed by atoms with Gasteiger partial charge in [-0.1, -0.05) is 24.3 Å². The number of rotatable bonds is 3. The van der Waals surface area contributed by atoms with E-state index in [2.05, 4.69) is 38.4 Å². The van der Waals surface area contributed by atoms with Crippen LogP contribution in [0.15, 0.2) is 53.0 Å². The van der Waals surface area contributed by atoms with Gasteiger partial charge in [0, 0.05) is 17.6 Å². The Morgan fingerprint density at radius 3 is 2.81 bits per heavy atom. The third-order valence-electron chi connectivity index (χ3n) is 3.35. The van der Waals surface area contributed by atoms with Gasteiger partial charge < -0.3 is 10.4 Å². The Kier molecular flexibility index (Phi) is 3.80. The first-order valence-electron chi connectivity index (χ1n) is 6.71. The van der Waals surface area contributed by atoms with Crippen LogP contribution < -0.4 is 5.32 Å². The molecule has 3 rings (SSSR count). The molecule has 0 amide bonds. The SMILES string of the molecule is Cc1ccc2cccc(NCc3ccc(O)c(Br)c3)c2n1. The summed E-state index contributed by atoms with van der Waals surface area (Å²) in [5.41, 5.74) is 4.09. The largest absolute Gasteiger partial charge is 0.507 e. The summed E-state index contributed by atoms with van der Waals surface area (Å²) in [5.74, 6) is 0.251. The monoisotopic (exact) mass is 342 g/mol. The molecule has 1 aromatic heterocycles. The quantitative estimate of drug-likeness (QED) is 0.729. The van der Waals surface area contributed by atoms with Crippen LogP contribution in [-0.2, 0) is 6.54 Å². The van der Waals surface area contributed by atoms with Crippen LogP contribution in [0, 0.1) is 6.92 Å². The summed E-state index contributed by atoms with van der Waals surface area (Å²) in [6.45, 7) is 2.67. The van der Waals surface area contributed by atoms with E-state index in [0.29, 0.717) is 11.0 Å². The highest BCUT2D eigenvalue weighted by atomic mass is 79.9. The molecule has 3 nitrogen and oxygen atoms in total. The van der Waals surface area contributed by atoms with Gasteiger partial charge in [-0.15, -0.1) is 0 Å². The van der Waals surface area contributed by atoms with Crippen LogP contribution in [0.25, 0.3) is 10.9 Å². The van der Waals surface area contributed by atoms with Gasteiger partial charge in [0.15, 0.2) is 0 Å². The number of aromatic nitrogens is 1. The fraction of sp³-hybridized carbons (Fsp3) is 0.118. The molecule has 0 saturated carbocycles. The highest BCUT2D eigenvalue weighted by molar-refractivity contribution is 9.10. The second-order valence-electron chi connectivity index (χ2n) is 4.97. The number of para-hydroxylation sites is 1. The Morgan fingerprint density at radius 2 is 2.00 bits per heavy atom. The number of aromatic hydroxyl groups is 1. The Labute approximate surface area is 131 Å². The highest BCUT2D eigenvalue weighted by Crippen LogP contribution is 2.26. The van der Waals surface area contributed by atoms with E-state index in [1.54, 1.807) is 6.07 Å². The summed E-state index contributed by atoms with van der Waals surface area (Å²) in [6.07, 6.45) is 0. The molecule has 0 radical (unpaired) electrons. The van der Waals surface area contributed by atoms with Crippen LogP contribution in [0.1, 0.15) is 11.3 Å². The van der Waals surface area contributed by atoms with Crippen molar-refractivity contribution < 1.29 is 5.11 Å². The van der Waals surface area contributed by atoms with E-state index in [1.807, 2.05) is 37.3 Å². The number of pyridine rings is 1. The van der Waals surface area contributed by atoms with Gasteiger partial charge in [-0.2, -0.15) is 0 Å². The number of anilines is 1. The fourth-order valence-corrected chi connectivity index (χ4v) is 2.67. The normalized spacial score (nSPS) is 10.8. The van der Waals surface area contributed by atoms with Crippen molar-refractivity contribution in [2.45, 2.75) is 13.5 Å². The molecular formula is C17H15BrN2O. The van der Waals surface area contributed by atoms with Crippen molar-refractivity contribution in [2.75, 3.05) is 5.32 Å². The summed E-state index contributed by atoms with van der Waals surface area (Å²) in [4.78, 5) is 4.61. The molecule has 106 valence electrons. The minimum Gasteiger partial charge on any atom is -0.507 e. The second-order valence-corrected chi connectivity index (χ2v) is 5.82. The molecule has 2 aromatic carbocycles. The lowest BCUT2D eigenvalue weighted by Crippen LogP contribution is -2.01. The van der Waals surface area contributed by atoms with Crippen molar-refractivity contribution in [1.29, 1.82) is 0 Å². The zero-order valence-electron chi connectivity index (χ0n) is 11.6. The molecule has 0 aliphatic carbocycles. The summed E-state index contributed by atoms with van der Waals surface area (Å²) in [7, 11) is 0. The van der Waals surface area contributed by atoms with Gasteiger partial charge in [0.1, 0.15) is 5.75 Å². The van der Waals surface area contributed by atoms with E-state index >= 15 is 0 Å². The smallest absolute Gasteiger partial charge is 0.129 e. The number of phenols is 1. The Bertz CT molecular complexity index is 802. The topological polar surface area (TPSA) is 45.1 Å². The highest BCUT2D eigenvalue weighted by Gasteiger charge is 2.04. The summed E-state index contributed by atoms with van der Waals surface area (Å²) in [6, 6.07) is 15.7. The van der Waals surface area contributed by atoms with Crippen LogP contribution in [0.2, 0.25) is 0 Å². The van der Waals surface area contributed by atoms with Gasteiger partial charge in [0.05, 0.1) is 15.7 Å². The molecule has 3 aromatic rings. The minimum atomic E-state index is 0.251. The molecule has 4 heteroatoms. The lowest BCUT2D eigenvalue weighted by Gasteiger charge is -2.10. The lowest BCUT2D eigenvalue weighted by atomic mass is 10.1. The molecule has 0 fully saturated rings. The predicted molar refractivity (Wildman–Crippen MR) is 89.6 cm³/mol. The Balaban J connectivity index is 1.88. The average molecular weight is 343 g/mol. The van der Waals surface area contributed by atoms with E-state index in [-0.39, 0.29) is 5.75 Å². The number of hydrogen-bond donors (Lipinski definition) is 2. The van der Waals surface area contributed by atoms with E-state index in [4.69, 9.17) is 0 Å². The van der Waals surface area contributed by atoms with E-state index in [0.717, 1.165) is 27.8 Å². The fourth-order valence-electron chi connectivity index (χ4n) is 2.24. The maximum Gasteiger partial charge on any atom is 0.129 e. The van der Waals surface area contributed by atoms with Crippen molar-refractivity contribution in [1.82, 2.24) is 4.98 Å².